The van der Waals surface area contributed by atoms with Gasteiger partial charge in [-0.25, -0.2) is 27.8 Å². The minimum Gasteiger partial charge on any atom is -0.454 e. The number of carbonyl (C=O) groups excluding carboxylic acids is 2. The number of nitrogens with zero attached hydrogens (tertiary/aromatic N) is 5. The summed E-state index contributed by atoms with van der Waals surface area (Å²) in [5, 5.41) is 4.89. The number of hydrogen-bond donors (Lipinski definition) is 1. The van der Waals surface area contributed by atoms with Crippen molar-refractivity contribution < 1.29 is 31.9 Å². The van der Waals surface area contributed by atoms with Gasteiger partial charge in [-0.2, -0.15) is 9.49 Å². The third kappa shape index (κ3) is 5.11. The highest BCUT2D eigenvalue weighted by Crippen LogP contribution is 2.37. The quantitative estimate of drug-likeness (QED) is 0.216. The Hall–Kier alpha value is -4.55. The number of fused-ring (bicyclic) bond motifs is 1. The van der Waals surface area contributed by atoms with Gasteiger partial charge < -0.3 is 15.4 Å². The Kier molecular flexibility index (Phi) is 6.89. The molecule has 2 aromatic heterocycles. The van der Waals surface area contributed by atoms with Crippen LogP contribution in [-0.2, 0) is 9.59 Å². The van der Waals surface area contributed by atoms with Gasteiger partial charge in [0.2, 0.25) is 11.7 Å². The topological polar surface area (TPSA) is 116 Å². The van der Waals surface area contributed by atoms with E-state index in [-0.39, 0.29) is 58.9 Å². The summed E-state index contributed by atoms with van der Waals surface area (Å²) in [7, 11) is 0. The number of ether oxygens (including phenoxy) is 1. The van der Waals surface area contributed by atoms with E-state index in [9.17, 15) is 22.8 Å². The lowest BCUT2D eigenvalue weighted by atomic mass is 10.1. The van der Waals surface area contributed by atoms with Crippen molar-refractivity contribution in [3.8, 4) is 22.8 Å². The smallest absolute Gasteiger partial charge is 0.230 e. The molecule has 2 N–H and O–H groups in total. The lowest BCUT2D eigenvalue weighted by Crippen LogP contribution is -2.41. The van der Waals surface area contributed by atoms with E-state index in [1.807, 2.05) is 0 Å². The van der Waals surface area contributed by atoms with Gasteiger partial charge in [0.15, 0.2) is 17.2 Å². The zero-order valence-electron chi connectivity index (χ0n) is 20.6. The van der Waals surface area contributed by atoms with Gasteiger partial charge in [0.25, 0.3) is 0 Å². The van der Waals surface area contributed by atoms with Gasteiger partial charge in [0, 0.05) is 36.9 Å². The second-order valence-corrected chi connectivity index (χ2v) is 9.21. The van der Waals surface area contributed by atoms with Crippen LogP contribution in [0.3, 0.4) is 0 Å². The fourth-order valence-electron chi connectivity index (χ4n) is 4.63. The summed E-state index contributed by atoms with van der Waals surface area (Å²) in [4.78, 5) is 33.8. The number of rotatable bonds is 6. The van der Waals surface area contributed by atoms with E-state index < -0.39 is 29.0 Å². The Morgan fingerprint density at radius 2 is 1.90 bits per heavy atom. The van der Waals surface area contributed by atoms with E-state index in [2.05, 4.69) is 15.1 Å². The molecule has 2 aromatic carbocycles. The summed E-state index contributed by atoms with van der Waals surface area (Å²) in [5.41, 5.74) is 6.59. The second-order valence-electron chi connectivity index (χ2n) is 9.21. The monoisotopic (exact) mass is 542 g/mol. The van der Waals surface area contributed by atoms with Crippen molar-refractivity contribution in [1.82, 2.24) is 24.6 Å². The average Bonchev–Trinajstić information content (AvgIpc) is 3.27. The summed E-state index contributed by atoms with van der Waals surface area (Å²) in [6, 6.07) is 4.20. The van der Waals surface area contributed by atoms with Crippen LogP contribution in [0.15, 0.2) is 36.7 Å². The van der Waals surface area contributed by atoms with Crippen LogP contribution in [0.5, 0.6) is 11.5 Å². The number of hydrogen-bond acceptors (Lipinski definition) is 7. The van der Waals surface area contributed by atoms with Crippen molar-refractivity contribution in [3.63, 3.8) is 0 Å². The maximum absolute atomic E-state index is 15.4. The number of amides is 1. The number of halogens is 4. The molecule has 1 amide bonds. The molecular weight excluding hydrogens is 520 g/mol. The number of Topliss-reactive ketones (excluding diaryl/α,β-unsaturated/α-hetero) is 1. The third-order valence-corrected chi connectivity index (χ3v) is 6.40. The minimum absolute atomic E-state index is 0.00110. The van der Waals surface area contributed by atoms with E-state index in [1.54, 1.807) is 9.58 Å². The van der Waals surface area contributed by atoms with Crippen molar-refractivity contribution >= 4 is 28.5 Å². The highest BCUT2D eigenvalue weighted by molar-refractivity contribution is 5.98. The van der Waals surface area contributed by atoms with Crippen molar-refractivity contribution in [1.29, 1.82) is 0 Å². The molecule has 0 saturated carbocycles. The van der Waals surface area contributed by atoms with Crippen LogP contribution in [-0.4, -0.2) is 49.4 Å². The number of nitrogen functional groups attached to an aromatic ring is 1. The van der Waals surface area contributed by atoms with Crippen molar-refractivity contribution in [3.05, 3.63) is 59.9 Å². The number of benzene rings is 2. The summed E-state index contributed by atoms with van der Waals surface area (Å²) < 4.78 is 63.2. The van der Waals surface area contributed by atoms with Gasteiger partial charge in [0.1, 0.15) is 41.0 Å². The molecule has 202 valence electrons. The number of likely N-dealkylation sites (tertiary alicyclic amines) is 1. The number of carbonyl (C=O) groups is 2. The Morgan fingerprint density at radius 3 is 2.64 bits per heavy atom. The van der Waals surface area contributed by atoms with Crippen LogP contribution >= 0.6 is 0 Å². The standard InChI is InChI=1S/C26H22F4N6O3/c1-13(37)7-21(38)35-6-2-3-15(11-35)36-26-22(25(31)32-12-33-26)24(34-36)17-5-4-16(10-18(17)28)39-20-9-14(27)8-19(29)23(20)30/h4-5,8-10,12,15H,2-3,6-7,11H2,1H3,(H2,31,32,33). The maximum atomic E-state index is 15.4. The van der Waals surface area contributed by atoms with Gasteiger partial charge in [0.05, 0.1) is 17.8 Å². The molecular formula is C26H22F4N6O3. The first-order valence-corrected chi connectivity index (χ1v) is 12.0. The van der Waals surface area contributed by atoms with Crippen LogP contribution in [0.4, 0.5) is 23.4 Å². The average molecular weight is 542 g/mol. The first-order chi connectivity index (χ1) is 18.6. The van der Waals surface area contributed by atoms with Crippen LogP contribution in [0, 0.1) is 23.3 Å². The maximum Gasteiger partial charge on any atom is 0.230 e. The van der Waals surface area contributed by atoms with Crippen molar-refractivity contribution in [2.45, 2.75) is 32.2 Å². The molecule has 9 nitrogen and oxygen atoms in total. The molecule has 1 atom stereocenters. The lowest BCUT2D eigenvalue weighted by Gasteiger charge is -2.32. The molecule has 4 aromatic rings. The Morgan fingerprint density at radius 1 is 1.10 bits per heavy atom. The predicted octanol–water partition coefficient (Wildman–Crippen LogP) is 4.57. The number of piperidine rings is 1. The normalized spacial score (nSPS) is 15.5. The molecule has 0 aliphatic carbocycles. The Balaban J connectivity index is 1.50. The van der Waals surface area contributed by atoms with Crippen LogP contribution in [0.2, 0.25) is 0 Å². The first kappa shape index (κ1) is 26.1. The Labute approximate surface area is 219 Å². The largest absolute Gasteiger partial charge is 0.454 e. The summed E-state index contributed by atoms with van der Waals surface area (Å²) >= 11 is 0. The summed E-state index contributed by atoms with van der Waals surface area (Å²) in [6.45, 7) is 2.12. The minimum atomic E-state index is -1.45. The predicted molar refractivity (Wildman–Crippen MR) is 132 cm³/mol. The van der Waals surface area contributed by atoms with Crippen LogP contribution in [0.25, 0.3) is 22.3 Å². The SMILES string of the molecule is CC(=O)CC(=O)N1CCCC(n2nc(-c3ccc(Oc4cc(F)cc(F)c4F)cc3F)c3c(N)ncnc32)C1. The second kappa shape index (κ2) is 10.3. The molecule has 1 fully saturated rings. The van der Waals surface area contributed by atoms with Crippen LogP contribution < -0.4 is 10.5 Å². The molecule has 0 bridgehead atoms. The number of anilines is 1. The van der Waals surface area contributed by atoms with E-state index in [4.69, 9.17) is 10.5 Å². The molecule has 1 aliphatic rings. The highest BCUT2D eigenvalue weighted by atomic mass is 19.2. The molecule has 13 heteroatoms. The van der Waals surface area contributed by atoms with E-state index in [0.717, 1.165) is 6.07 Å². The third-order valence-electron chi connectivity index (χ3n) is 6.40. The number of nitrogens with two attached hydrogens (primary N) is 1. The van der Waals surface area contributed by atoms with Gasteiger partial charge in [-0.3, -0.25) is 9.59 Å². The lowest BCUT2D eigenvalue weighted by molar-refractivity contribution is -0.136. The van der Waals surface area contributed by atoms with Gasteiger partial charge in [-0.1, -0.05) is 0 Å². The Bertz CT molecular complexity index is 1610. The van der Waals surface area contributed by atoms with Crippen molar-refractivity contribution in [2.24, 2.45) is 0 Å². The zero-order valence-corrected chi connectivity index (χ0v) is 20.6. The zero-order chi connectivity index (χ0) is 27.8. The molecule has 5 rings (SSSR count). The fourth-order valence-corrected chi connectivity index (χ4v) is 4.63. The van der Waals surface area contributed by atoms with Gasteiger partial charge in [-0.15, -0.1) is 0 Å². The highest BCUT2D eigenvalue weighted by Gasteiger charge is 2.29. The first-order valence-electron chi connectivity index (χ1n) is 12.0. The van der Waals surface area contributed by atoms with Gasteiger partial charge in [-0.05, 0) is 31.9 Å². The van der Waals surface area contributed by atoms with Crippen molar-refractivity contribution in [2.75, 3.05) is 18.8 Å². The van der Waals surface area contributed by atoms with E-state index >= 15 is 4.39 Å². The molecule has 0 spiro atoms. The number of ketones is 1. The molecule has 1 aliphatic heterocycles. The molecule has 3 heterocycles. The molecule has 0 radical (unpaired) electrons. The van der Waals surface area contributed by atoms with Crippen LogP contribution in [0.1, 0.15) is 32.2 Å². The number of aromatic nitrogens is 4. The fraction of sp³-hybridized carbons (Fsp3) is 0.269. The summed E-state index contributed by atoms with van der Waals surface area (Å²) in [5.74, 6) is -6.17. The molecule has 1 saturated heterocycles. The van der Waals surface area contributed by atoms with E-state index in [1.165, 1.54) is 25.4 Å². The molecule has 1 unspecified atom stereocenters. The summed E-state index contributed by atoms with van der Waals surface area (Å²) in [6.07, 6.45) is 2.36. The molecule has 39 heavy (non-hydrogen) atoms. The van der Waals surface area contributed by atoms with Gasteiger partial charge >= 0.3 is 0 Å². The van der Waals surface area contributed by atoms with E-state index in [0.29, 0.717) is 37.2 Å².